The summed E-state index contributed by atoms with van der Waals surface area (Å²) in [5, 5.41) is 6.91. The highest BCUT2D eigenvalue weighted by Gasteiger charge is 2.11. The van der Waals surface area contributed by atoms with Crippen LogP contribution in [-0.2, 0) is 6.54 Å². The van der Waals surface area contributed by atoms with E-state index in [1.54, 1.807) is 18.6 Å². The zero-order chi connectivity index (χ0) is 10.3. The van der Waals surface area contributed by atoms with Gasteiger partial charge in [-0.2, -0.15) is 0 Å². The Kier molecular flexibility index (Phi) is 4.05. The van der Waals surface area contributed by atoms with E-state index in [0.29, 0.717) is 6.04 Å². The summed E-state index contributed by atoms with van der Waals surface area (Å²) in [5.41, 5.74) is 1.01. The normalized spacial score (nSPS) is 21.5. The summed E-state index contributed by atoms with van der Waals surface area (Å²) in [6, 6.07) is 0.635. The van der Waals surface area contributed by atoms with Crippen molar-refractivity contribution in [2.45, 2.75) is 31.8 Å². The Morgan fingerprint density at radius 2 is 2.40 bits per heavy atom. The molecule has 1 aliphatic heterocycles. The molecule has 4 nitrogen and oxygen atoms in total. The van der Waals surface area contributed by atoms with Crippen LogP contribution < -0.4 is 10.6 Å². The number of piperidine rings is 1. The van der Waals surface area contributed by atoms with Crippen LogP contribution in [0.25, 0.3) is 0 Å². The molecule has 1 fully saturated rings. The van der Waals surface area contributed by atoms with Gasteiger partial charge in [-0.25, -0.2) is 0 Å². The minimum absolute atomic E-state index is 0.635. The minimum atomic E-state index is 0.635. The van der Waals surface area contributed by atoms with E-state index in [-0.39, 0.29) is 0 Å². The summed E-state index contributed by atoms with van der Waals surface area (Å²) in [6.07, 6.45) is 9.20. The molecule has 1 saturated heterocycles. The Bertz CT molecular complexity index is 269. The van der Waals surface area contributed by atoms with Gasteiger partial charge in [-0.05, 0) is 19.4 Å². The molecule has 1 atom stereocenters. The predicted molar refractivity (Wildman–Crippen MR) is 59.4 cm³/mol. The second kappa shape index (κ2) is 5.78. The molecule has 0 saturated carbocycles. The van der Waals surface area contributed by atoms with Crippen molar-refractivity contribution >= 4 is 0 Å². The highest BCUT2D eigenvalue weighted by atomic mass is 15.0. The summed E-state index contributed by atoms with van der Waals surface area (Å²) in [6.45, 7) is 3.00. The van der Waals surface area contributed by atoms with E-state index < -0.39 is 0 Å². The Morgan fingerprint density at radius 1 is 1.40 bits per heavy atom. The lowest BCUT2D eigenvalue weighted by atomic mass is 10.1. The third kappa shape index (κ3) is 3.57. The van der Waals surface area contributed by atoms with Crippen LogP contribution in [0.15, 0.2) is 18.6 Å². The van der Waals surface area contributed by atoms with E-state index in [0.717, 1.165) is 25.3 Å². The fourth-order valence-corrected chi connectivity index (χ4v) is 1.89. The summed E-state index contributed by atoms with van der Waals surface area (Å²) in [5.74, 6) is 0. The first-order valence-electron chi connectivity index (χ1n) is 5.64. The average molecular weight is 206 g/mol. The standard InChI is InChI=1S/C11H18N4/c1-2-4-14-10(3-1)7-13-9-11-8-12-5-6-15-11/h5-6,8,10,13-14H,1-4,7,9H2/t10-/m1/s1. The molecule has 0 unspecified atom stereocenters. The molecule has 2 rings (SSSR count). The molecule has 1 aromatic rings. The van der Waals surface area contributed by atoms with E-state index in [4.69, 9.17) is 0 Å². The number of nitrogens with one attached hydrogen (secondary N) is 2. The summed E-state index contributed by atoms with van der Waals surface area (Å²) < 4.78 is 0. The average Bonchev–Trinajstić information content (AvgIpc) is 2.32. The largest absolute Gasteiger partial charge is 0.313 e. The molecule has 15 heavy (non-hydrogen) atoms. The highest BCUT2D eigenvalue weighted by molar-refractivity contribution is 4.93. The maximum atomic E-state index is 4.22. The Hall–Kier alpha value is -1.00. The molecule has 0 amide bonds. The quantitative estimate of drug-likeness (QED) is 0.761. The van der Waals surface area contributed by atoms with Crippen molar-refractivity contribution < 1.29 is 0 Å². The molecule has 4 heteroatoms. The van der Waals surface area contributed by atoms with Gasteiger partial charge >= 0.3 is 0 Å². The van der Waals surface area contributed by atoms with Crippen molar-refractivity contribution in [2.75, 3.05) is 13.1 Å². The van der Waals surface area contributed by atoms with E-state index in [9.17, 15) is 0 Å². The third-order valence-electron chi connectivity index (χ3n) is 2.73. The summed E-state index contributed by atoms with van der Waals surface area (Å²) in [4.78, 5) is 8.25. The van der Waals surface area contributed by atoms with Crippen molar-refractivity contribution in [2.24, 2.45) is 0 Å². The van der Waals surface area contributed by atoms with Crippen LogP contribution in [0.1, 0.15) is 25.0 Å². The lowest BCUT2D eigenvalue weighted by Crippen LogP contribution is -2.41. The van der Waals surface area contributed by atoms with Gasteiger partial charge in [0.25, 0.3) is 0 Å². The topological polar surface area (TPSA) is 49.8 Å². The van der Waals surface area contributed by atoms with Gasteiger partial charge in [-0.3, -0.25) is 9.97 Å². The van der Waals surface area contributed by atoms with Crippen LogP contribution in [0, 0.1) is 0 Å². The fourth-order valence-electron chi connectivity index (χ4n) is 1.89. The van der Waals surface area contributed by atoms with E-state index in [1.165, 1.54) is 19.3 Å². The van der Waals surface area contributed by atoms with Crippen molar-refractivity contribution in [1.82, 2.24) is 20.6 Å². The maximum absolute atomic E-state index is 4.22. The van der Waals surface area contributed by atoms with Gasteiger partial charge in [-0.1, -0.05) is 6.42 Å². The molecule has 82 valence electrons. The molecule has 0 aliphatic carbocycles. The predicted octanol–water partition coefficient (Wildman–Crippen LogP) is 0.708. The molecule has 0 aromatic carbocycles. The van der Waals surface area contributed by atoms with Crippen molar-refractivity contribution in [3.8, 4) is 0 Å². The van der Waals surface area contributed by atoms with Gasteiger partial charge in [-0.15, -0.1) is 0 Å². The van der Waals surface area contributed by atoms with Crippen molar-refractivity contribution in [3.63, 3.8) is 0 Å². The monoisotopic (exact) mass is 206 g/mol. The van der Waals surface area contributed by atoms with Crippen molar-refractivity contribution in [3.05, 3.63) is 24.3 Å². The molecule has 2 heterocycles. The third-order valence-corrected chi connectivity index (χ3v) is 2.73. The Morgan fingerprint density at radius 3 is 3.13 bits per heavy atom. The van der Waals surface area contributed by atoms with Crippen LogP contribution in [-0.4, -0.2) is 29.1 Å². The second-order valence-electron chi connectivity index (χ2n) is 3.97. The number of rotatable bonds is 4. The zero-order valence-electron chi connectivity index (χ0n) is 8.95. The molecule has 0 spiro atoms. The fraction of sp³-hybridized carbons (Fsp3) is 0.636. The lowest BCUT2D eigenvalue weighted by Gasteiger charge is -2.23. The van der Waals surface area contributed by atoms with E-state index in [1.807, 2.05) is 0 Å². The molecule has 0 bridgehead atoms. The van der Waals surface area contributed by atoms with Gasteiger partial charge in [0.15, 0.2) is 0 Å². The number of hydrogen-bond donors (Lipinski definition) is 2. The molecular weight excluding hydrogens is 188 g/mol. The molecule has 2 N–H and O–H groups in total. The molecule has 1 aromatic heterocycles. The Balaban J connectivity index is 1.66. The summed E-state index contributed by atoms with van der Waals surface area (Å²) >= 11 is 0. The zero-order valence-corrected chi connectivity index (χ0v) is 8.95. The van der Waals surface area contributed by atoms with Crippen LogP contribution >= 0.6 is 0 Å². The number of hydrogen-bond acceptors (Lipinski definition) is 4. The molecular formula is C11H18N4. The van der Waals surface area contributed by atoms with Crippen molar-refractivity contribution in [1.29, 1.82) is 0 Å². The molecule has 1 aliphatic rings. The van der Waals surface area contributed by atoms with Crippen LogP contribution in [0.5, 0.6) is 0 Å². The van der Waals surface area contributed by atoms with Gasteiger partial charge in [0.2, 0.25) is 0 Å². The smallest absolute Gasteiger partial charge is 0.0724 e. The number of aromatic nitrogens is 2. The second-order valence-corrected chi connectivity index (χ2v) is 3.97. The Labute approximate surface area is 90.5 Å². The van der Waals surface area contributed by atoms with Gasteiger partial charge in [0, 0.05) is 37.7 Å². The van der Waals surface area contributed by atoms with Crippen LogP contribution in [0.4, 0.5) is 0 Å². The SMILES string of the molecule is c1cnc(CNC[C@H]2CCCCN2)cn1. The first kappa shape index (κ1) is 10.5. The first-order valence-corrected chi connectivity index (χ1v) is 5.64. The minimum Gasteiger partial charge on any atom is -0.313 e. The number of nitrogens with zero attached hydrogens (tertiary/aromatic N) is 2. The van der Waals surface area contributed by atoms with Gasteiger partial charge in [0.1, 0.15) is 0 Å². The van der Waals surface area contributed by atoms with E-state index in [2.05, 4.69) is 20.6 Å². The lowest BCUT2D eigenvalue weighted by molar-refractivity contribution is 0.382. The molecule has 0 radical (unpaired) electrons. The van der Waals surface area contributed by atoms with E-state index >= 15 is 0 Å². The summed E-state index contributed by atoms with van der Waals surface area (Å²) in [7, 11) is 0. The van der Waals surface area contributed by atoms with Crippen LogP contribution in [0.3, 0.4) is 0 Å². The van der Waals surface area contributed by atoms with Gasteiger partial charge < -0.3 is 10.6 Å². The highest BCUT2D eigenvalue weighted by Crippen LogP contribution is 2.05. The first-order chi connectivity index (χ1) is 7.45. The maximum Gasteiger partial charge on any atom is 0.0724 e. The van der Waals surface area contributed by atoms with Crippen LogP contribution in [0.2, 0.25) is 0 Å². The van der Waals surface area contributed by atoms with Gasteiger partial charge in [0.05, 0.1) is 5.69 Å².